The van der Waals surface area contributed by atoms with E-state index in [-0.39, 0.29) is 0 Å². The summed E-state index contributed by atoms with van der Waals surface area (Å²) in [6.45, 7) is 6.50. The van der Waals surface area contributed by atoms with E-state index in [0.29, 0.717) is 11.7 Å². The second-order valence-electron chi connectivity index (χ2n) is 5.73. The molecule has 0 heterocycles. The van der Waals surface area contributed by atoms with Crippen molar-refractivity contribution in [2.75, 3.05) is 0 Å². The lowest BCUT2D eigenvalue weighted by Gasteiger charge is -2.08. The van der Waals surface area contributed by atoms with Crippen LogP contribution in [0.5, 0.6) is 0 Å². The lowest BCUT2D eigenvalue weighted by Crippen LogP contribution is -2.10. The molecule has 0 rings (SSSR count). The van der Waals surface area contributed by atoms with Crippen molar-refractivity contribution >= 4 is 5.78 Å². The summed E-state index contributed by atoms with van der Waals surface area (Å²) in [5.41, 5.74) is 0. The van der Waals surface area contributed by atoms with E-state index in [0.717, 1.165) is 25.7 Å². The highest BCUT2D eigenvalue weighted by molar-refractivity contribution is 5.80. The summed E-state index contributed by atoms with van der Waals surface area (Å²) in [7, 11) is 0. The highest BCUT2D eigenvalue weighted by Crippen LogP contribution is 2.14. The average molecular weight is 254 g/mol. The number of Topliss-reactive ketones (excluding diaryl/α,β-unsaturated/α-hetero) is 1. The Kier molecular flexibility index (Phi) is 12.9. The molecule has 0 saturated heterocycles. The van der Waals surface area contributed by atoms with E-state index in [1.165, 1.54) is 51.4 Å². The molecule has 0 bridgehead atoms. The molecule has 0 aliphatic rings. The van der Waals surface area contributed by atoms with Gasteiger partial charge in [-0.25, -0.2) is 0 Å². The van der Waals surface area contributed by atoms with Crippen molar-refractivity contribution in [3.8, 4) is 0 Å². The van der Waals surface area contributed by atoms with Gasteiger partial charge in [0.2, 0.25) is 0 Å². The van der Waals surface area contributed by atoms with Crippen molar-refractivity contribution in [1.82, 2.24) is 0 Å². The predicted molar refractivity (Wildman–Crippen MR) is 80.9 cm³/mol. The van der Waals surface area contributed by atoms with Gasteiger partial charge in [-0.05, 0) is 12.8 Å². The summed E-state index contributed by atoms with van der Waals surface area (Å²) in [6.07, 6.45) is 15.0. The van der Waals surface area contributed by atoms with Crippen LogP contribution in [0.1, 0.15) is 97.8 Å². The molecular weight excluding hydrogens is 220 g/mol. The fourth-order valence-corrected chi connectivity index (χ4v) is 2.45. The van der Waals surface area contributed by atoms with E-state index in [1.807, 2.05) is 0 Å². The Morgan fingerprint density at radius 3 is 1.78 bits per heavy atom. The normalized spacial score (nSPS) is 12.6. The third kappa shape index (κ3) is 10.8. The first kappa shape index (κ1) is 17.7. The van der Waals surface area contributed by atoms with Crippen LogP contribution in [0.3, 0.4) is 0 Å². The van der Waals surface area contributed by atoms with E-state index in [9.17, 15) is 4.79 Å². The van der Waals surface area contributed by atoms with Gasteiger partial charge < -0.3 is 0 Å². The zero-order valence-corrected chi connectivity index (χ0v) is 13.0. The standard InChI is InChI=1S/C17H34O/c1-4-6-7-8-9-10-11-12-13-15-17(18)16(3)14-5-2/h16H,4-15H2,1-3H3. The van der Waals surface area contributed by atoms with Crippen LogP contribution >= 0.6 is 0 Å². The van der Waals surface area contributed by atoms with E-state index in [1.54, 1.807) is 0 Å². The average Bonchev–Trinajstić information content (AvgIpc) is 2.36. The van der Waals surface area contributed by atoms with Crippen LogP contribution in [-0.4, -0.2) is 5.78 Å². The minimum absolute atomic E-state index is 0.295. The van der Waals surface area contributed by atoms with Crippen LogP contribution in [0, 0.1) is 5.92 Å². The second kappa shape index (κ2) is 13.1. The number of carbonyl (C=O) groups is 1. The van der Waals surface area contributed by atoms with Crippen molar-refractivity contribution in [1.29, 1.82) is 0 Å². The molecule has 0 aliphatic heterocycles. The van der Waals surface area contributed by atoms with Crippen molar-refractivity contribution in [3.05, 3.63) is 0 Å². The van der Waals surface area contributed by atoms with Gasteiger partial charge in [-0.3, -0.25) is 4.79 Å². The van der Waals surface area contributed by atoms with Crippen LogP contribution in [-0.2, 0) is 4.79 Å². The van der Waals surface area contributed by atoms with Crippen molar-refractivity contribution < 1.29 is 4.79 Å². The maximum atomic E-state index is 11.7. The SMILES string of the molecule is CCCCCCCCCCCC(=O)C(C)CCC. The molecule has 1 atom stereocenters. The van der Waals surface area contributed by atoms with Gasteiger partial charge in [0.1, 0.15) is 5.78 Å². The van der Waals surface area contributed by atoms with Crippen LogP contribution in [0.2, 0.25) is 0 Å². The van der Waals surface area contributed by atoms with Crippen molar-refractivity contribution in [2.45, 2.75) is 97.8 Å². The van der Waals surface area contributed by atoms with Crippen LogP contribution in [0.4, 0.5) is 0 Å². The molecule has 1 heteroatoms. The molecule has 0 amide bonds. The maximum Gasteiger partial charge on any atom is 0.135 e. The summed E-state index contributed by atoms with van der Waals surface area (Å²) in [6, 6.07) is 0. The molecule has 0 aromatic rings. The van der Waals surface area contributed by atoms with Gasteiger partial charge in [-0.2, -0.15) is 0 Å². The molecule has 0 aliphatic carbocycles. The molecule has 18 heavy (non-hydrogen) atoms. The second-order valence-corrected chi connectivity index (χ2v) is 5.73. The van der Waals surface area contributed by atoms with Crippen molar-refractivity contribution in [3.63, 3.8) is 0 Å². The van der Waals surface area contributed by atoms with Crippen molar-refractivity contribution in [2.24, 2.45) is 5.92 Å². The molecule has 0 fully saturated rings. The monoisotopic (exact) mass is 254 g/mol. The fourth-order valence-electron chi connectivity index (χ4n) is 2.45. The number of hydrogen-bond acceptors (Lipinski definition) is 1. The number of hydrogen-bond donors (Lipinski definition) is 0. The Morgan fingerprint density at radius 2 is 1.28 bits per heavy atom. The number of ketones is 1. The summed E-state index contributed by atoms with van der Waals surface area (Å²) in [5, 5.41) is 0. The Bertz CT molecular complexity index is 186. The number of unbranched alkanes of at least 4 members (excludes halogenated alkanes) is 8. The first-order valence-corrected chi connectivity index (χ1v) is 8.25. The predicted octanol–water partition coefficient (Wildman–Crippen LogP) is 5.91. The topological polar surface area (TPSA) is 17.1 Å². The molecule has 0 spiro atoms. The lowest BCUT2D eigenvalue weighted by molar-refractivity contribution is -0.122. The summed E-state index contributed by atoms with van der Waals surface area (Å²) in [5.74, 6) is 0.781. The number of carbonyl (C=O) groups excluding carboxylic acids is 1. The van der Waals surface area contributed by atoms with E-state index >= 15 is 0 Å². The van der Waals surface area contributed by atoms with Crippen LogP contribution in [0.15, 0.2) is 0 Å². The van der Waals surface area contributed by atoms with Gasteiger partial charge in [0.25, 0.3) is 0 Å². The Balaban J connectivity index is 3.22. The highest BCUT2D eigenvalue weighted by Gasteiger charge is 2.10. The minimum atomic E-state index is 0.295. The molecule has 0 N–H and O–H groups in total. The lowest BCUT2D eigenvalue weighted by atomic mass is 9.96. The molecular formula is C17H34O. The van der Waals surface area contributed by atoms with Gasteiger partial charge in [-0.15, -0.1) is 0 Å². The Morgan fingerprint density at radius 1 is 0.778 bits per heavy atom. The quantitative estimate of drug-likeness (QED) is 0.373. The molecule has 0 saturated carbocycles. The molecule has 108 valence electrons. The third-order valence-electron chi connectivity index (χ3n) is 3.80. The molecule has 1 unspecified atom stereocenters. The Labute approximate surface area is 115 Å². The van der Waals surface area contributed by atoms with Gasteiger partial charge in [0, 0.05) is 12.3 Å². The first-order valence-electron chi connectivity index (χ1n) is 8.25. The largest absolute Gasteiger partial charge is 0.299 e. The zero-order valence-electron chi connectivity index (χ0n) is 13.0. The minimum Gasteiger partial charge on any atom is -0.299 e. The molecule has 0 radical (unpaired) electrons. The number of rotatable bonds is 13. The maximum absolute atomic E-state index is 11.7. The highest BCUT2D eigenvalue weighted by atomic mass is 16.1. The van der Waals surface area contributed by atoms with Gasteiger partial charge in [0.15, 0.2) is 0 Å². The molecule has 0 aromatic heterocycles. The van der Waals surface area contributed by atoms with Gasteiger partial charge in [-0.1, -0.05) is 78.6 Å². The smallest absolute Gasteiger partial charge is 0.135 e. The van der Waals surface area contributed by atoms with Gasteiger partial charge in [0.05, 0.1) is 0 Å². The van der Waals surface area contributed by atoms with E-state index in [4.69, 9.17) is 0 Å². The first-order chi connectivity index (χ1) is 8.72. The van der Waals surface area contributed by atoms with E-state index < -0.39 is 0 Å². The summed E-state index contributed by atoms with van der Waals surface area (Å²) in [4.78, 5) is 11.7. The van der Waals surface area contributed by atoms with E-state index in [2.05, 4.69) is 20.8 Å². The Hall–Kier alpha value is -0.330. The van der Waals surface area contributed by atoms with Crippen LogP contribution < -0.4 is 0 Å². The summed E-state index contributed by atoms with van der Waals surface area (Å²) < 4.78 is 0. The fraction of sp³-hybridized carbons (Fsp3) is 0.941. The third-order valence-corrected chi connectivity index (χ3v) is 3.80. The van der Waals surface area contributed by atoms with Crippen LogP contribution in [0.25, 0.3) is 0 Å². The molecule has 1 nitrogen and oxygen atoms in total. The summed E-state index contributed by atoms with van der Waals surface area (Å²) >= 11 is 0. The molecule has 0 aromatic carbocycles. The van der Waals surface area contributed by atoms with Gasteiger partial charge >= 0.3 is 0 Å². The zero-order chi connectivity index (χ0) is 13.6.